The van der Waals surface area contributed by atoms with Gasteiger partial charge in [0.15, 0.2) is 0 Å². The van der Waals surface area contributed by atoms with Crippen LogP contribution in [0.1, 0.15) is 118 Å². The van der Waals surface area contributed by atoms with Crippen LogP contribution in [-0.4, -0.2) is 54.8 Å². The molecule has 2 aliphatic rings. The zero-order valence-electron chi connectivity index (χ0n) is 21.7. The third kappa shape index (κ3) is 10.4. The number of carbonyl (C=O) groups excluding carboxylic acids is 1. The van der Waals surface area contributed by atoms with Crippen molar-refractivity contribution in [1.82, 2.24) is 0 Å². The monoisotopic (exact) mass is 502 g/mol. The third-order valence-corrected chi connectivity index (χ3v) is 11.6. The van der Waals surface area contributed by atoms with Gasteiger partial charge in [0.1, 0.15) is 16.3 Å². The lowest BCUT2D eigenvalue weighted by atomic mass is 9.88. The first kappa shape index (κ1) is 29.5. The molecule has 0 amide bonds. The van der Waals surface area contributed by atoms with Crippen LogP contribution in [0.5, 0.6) is 0 Å². The quantitative estimate of drug-likeness (QED) is 0.199. The van der Waals surface area contributed by atoms with Crippen LogP contribution >= 0.6 is 11.8 Å². The summed E-state index contributed by atoms with van der Waals surface area (Å²) in [6, 6.07) is 0. The number of Topliss-reactive ketones (excluding diaryl/α,β-unsaturated/α-hetero) is 1. The van der Waals surface area contributed by atoms with Gasteiger partial charge in [-0.2, -0.15) is 0 Å². The van der Waals surface area contributed by atoms with Crippen LogP contribution in [0.3, 0.4) is 0 Å². The maximum absolute atomic E-state index is 12.9. The number of carbonyl (C=O) groups is 1. The fraction of sp³-hybridized carbons (Fsp3) is 0.963. The second-order valence-corrected chi connectivity index (χ2v) is 15.6. The molecule has 2 rings (SSSR count). The Balaban J connectivity index is 1.58. The normalized spacial score (nSPS) is 28.7. The first-order chi connectivity index (χ1) is 15.6. The predicted molar refractivity (Wildman–Crippen MR) is 142 cm³/mol. The van der Waals surface area contributed by atoms with E-state index in [1.807, 2.05) is 11.8 Å². The standard InChI is InChI=1S/C27H50O4S2/c1-26(2,19-28)16-7-5-10-21-18-24(30)25(32-21)13-9-12-23-15-14-22(33(23)31)11-6-8-17-27(3,4)20-29/h21-23,25,28-29H,5-20H2,1-4H3. The predicted octanol–water partition coefficient (Wildman–Crippen LogP) is 6.04. The number of unbranched alkanes of at least 4 members (excludes halogenated alkanes) is 2. The van der Waals surface area contributed by atoms with Crippen molar-refractivity contribution in [2.75, 3.05) is 13.2 Å². The summed E-state index contributed by atoms with van der Waals surface area (Å²) in [5, 5.41) is 20.1. The summed E-state index contributed by atoms with van der Waals surface area (Å²) in [6.07, 6.45) is 14.6. The fourth-order valence-corrected chi connectivity index (χ4v) is 8.81. The Hall–Kier alpha value is 0.250. The lowest BCUT2D eigenvalue weighted by Crippen LogP contribution is -2.24. The van der Waals surface area contributed by atoms with Crippen LogP contribution in [-0.2, 0) is 16.0 Å². The number of hydrogen-bond donors (Lipinski definition) is 2. The average Bonchev–Trinajstić information content (AvgIpc) is 3.31. The summed E-state index contributed by atoms with van der Waals surface area (Å²) < 4.78 is 12.9. The maximum atomic E-state index is 12.9. The number of thioether (sulfide) groups is 1. The zero-order chi connectivity index (χ0) is 24.5. The van der Waals surface area contributed by atoms with Crippen molar-refractivity contribution in [3.63, 3.8) is 0 Å². The Labute approximate surface area is 210 Å². The Bertz CT molecular complexity index is 580. The van der Waals surface area contributed by atoms with E-state index in [2.05, 4.69) is 27.7 Å². The molecule has 2 N–H and O–H groups in total. The lowest BCUT2D eigenvalue weighted by Gasteiger charge is -2.22. The van der Waals surface area contributed by atoms with E-state index < -0.39 is 11.2 Å². The summed E-state index contributed by atoms with van der Waals surface area (Å²) in [4.78, 5) is 12.5. The topological polar surface area (TPSA) is 80.6 Å². The third-order valence-electron chi connectivity index (χ3n) is 7.72. The lowest BCUT2D eigenvalue weighted by molar-refractivity contribution is -0.118. The molecule has 4 nitrogen and oxygen atoms in total. The van der Waals surface area contributed by atoms with Crippen LogP contribution in [0.25, 0.3) is 0 Å². The van der Waals surface area contributed by atoms with E-state index in [1.54, 1.807) is 0 Å². The SMILES string of the molecule is CC(C)(CO)CCCCC1CC(=O)C(CCCC2CCC(CCCCC(C)(C)CO)[S+]2[O-])S1. The van der Waals surface area contributed by atoms with Crippen molar-refractivity contribution in [3.05, 3.63) is 0 Å². The maximum Gasteiger partial charge on any atom is 0.146 e. The Kier molecular flexibility index (Phi) is 12.6. The molecular weight excluding hydrogens is 452 g/mol. The molecule has 2 aliphatic heterocycles. The van der Waals surface area contributed by atoms with Gasteiger partial charge in [-0.1, -0.05) is 47.0 Å². The van der Waals surface area contributed by atoms with E-state index >= 15 is 0 Å². The fourth-order valence-electron chi connectivity index (χ4n) is 5.15. The Morgan fingerprint density at radius 3 is 1.91 bits per heavy atom. The van der Waals surface area contributed by atoms with Crippen molar-refractivity contribution < 1.29 is 19.6 Å². The number of aliphatic hydroxyl groups excluding tert-OH is 2. The van der Waals surface area contributed by atoms with E-state index in [9.17, 15) is 19.6 Å². The van der Waals surface area contributed by atoms with Gasteiger partial charge in [0.2, 0.25) is 0 Å². The van der Waals surface area contributed by atoms with Crippen LogP contribution in [0.15, 0.2) is 0 Å². The number of ketones is 1. The molecule has 5 atom stereocenters. The second kappa shape index (κ2) is 14.1. The molecule has 5 unspecified atom stereocenters. The molecule has 0 aromatic heterocycles. The zero-order valence-corrected chi connectivity index (χ0v) is 23.3. The van der Waals surface area contributed by atoms with Crippen LogP contribution < -0.4 is 0 Å². The molecule has 0 radical (unpaired) electrons. The highest BCUT2D eigenvalue weighted by Gasteiger charge is 2.38. The van der Waals surface area contributed by atoms with Crippen molar-refractivity contribution in [2.24, 2.45) is 10.8 Å². The van der Waals surface area contributed by atoms with Gasteiger partial charge in [-0.15, -0.1) is 11.8 Å². The molecule has 194 valence electrons. The minimum Gasteiger partial charge on any atom is -0.616 e. The molecule has 0 bridgehead atoms. The van der Waals surface area contributed by atoms with Crippen LogP contribution in [0.2, 0.25) is 0 Å². The molecule has 0 aromatic carbocycles. The summed E-state index contributed by atoms with van der Waals surface area (Å²) in [5.41, 5.74) is 0.0141. The van der Waals surface area contributed by atoms with Gasteiger partial charge in [0, 0.05) is 24.9 Å². The van der Waals surface area contributed by atoms with E-state index in [-0.39, 0.29) is 29.3 Å². The summed E-state index contributed by atoms with van der Waals surface area (Å²) in [7, 11) is 0. The van der Waals surface area contributed by atoms with Gasteiger partial charge >= 0.3 is 0 Å². The molecule has 2 saturated heterocycles. The Morgan fingerprint density at radius 1 is 0.848 bits per heavy atom. The second-order valence-electron chi connectivity index (χ2n) is 12.1. The molecule has 0 aliphatic carbocycles. The van der Waals surface area contributed by atoms with Gasteiger partial charge in [-0.25, -0.2) is 0 Å². The van der Waals surface area contributed by atoms with Gasteiger partial charge in [0.05, 0.1) is 5.25 Å². The van der Waals surface area contributed by atoms with E-state index in [0.717, 1.165) is 89.9 Å². The van der Waals surface area contributed by atoms with E-state index in [4.69, 9.17) is 0 Å². The van der Waals surface area contributed by atoms with Gasteiger partial charge in [0.25, 0.3) is 0 Å². The highest BCUT2D eigenvalue weighted by atomic mass is 32.2. The van der Waals surface area contributed by atoms with Crippen molar-refractivity contribution in [3.8, 4) is 0 Å². The average molecular weight is 503 g/mol. The first-order valence-electron chi connectivity index (χ1n) is 13.4. The summed E-state index contributed by atoms with van der Waals surface area (Å²) >= 11 is 1.17. The smallest absolute Gasteiger partial charge is 0.146 e. The Morgan fingerprint density at radius 2 is 1.36 bits per heavy atom. The molecule has 0 spiro atoms. The van der Waals surface area contributed by atoms with Gasteiger partial charge in [-0.3, -0.25) is 4.79 Å². The highest BCUT2D eigenvalue weighted by molar-refractivity contribution is 8.01. The molecule has 0 saturated carbocycles. The van der Waals surface area contributed by atoms with Crippen molar-refractivity contribution >= 4 is 28.7 Å². The van der Waals surface area contributed by atoms with E-state index in [1.165, 1.54) is 0 Å². The molecule has 0 aromatic rings. The minimum absolute atomic E-state index is 0.00286. The van der Waals surface area contributed by atoms with Crippen molar-refractivity contribution in [1.29, 1.82) is 0 Å². The number of aliphatic hydroxyl groups is 2. The number of rotatable bonds is 16. The van der Waals surface area contributed by atoms with Gasteiger partial charge in [-0.05, 0) is 86.2 Å². The summed E-state index contributed by atoms with van der Waals surface area (Å²) in [6.45, 7) is 8.89. The highest BCUT2D eigenvalue weighted by Crippen LogP contribution is 2.39. The molecule has 6 heteroatoms. The molecule has 2 fully saturated rings. The number of hydrogen-bond acceptors (Lipinski definition) is 5. The molecule has 2 heterocycles. The van der Waals surface area contributed by atoms with E-state index in [0.29, 0.717) is 21.5 Å². The largest absolute Gasteiger partial charge is 0.616 e. The van der Waals surface area contributed by atoms with Gasteiger partial charge < -0.3 is 14.8 Å². The van der Waals surface area contributed by atoms with Crippen molar-refractivity contribution in [2.45, 2.75) is 139 Å². The van der Waals surface area contributed by atoms with Crippen LogP contribution in [0, 0.1) is 10.8 Å². The minimum atomic E-state index is -0.716. The summed E-state index contributed by atoms with van der Waals surface area (Å²) in [5.74, 6) is 0.428. The molecule has 33 heavy (non-hydrogen) atoms. The van der Waals surface area contributed by atoms with Crippen LogP contribution in [0.4, 0.5) is 0 Å². The first-order valence-corrected chi connectivity index (χ1v) is 15.6. The molecular formula is C27H50O4S2.